The summed E-state index contributed by atoms with van der Waals surface area (Å²) in [7, 11) is 1.62. The fourth-order valence-electron chi connectivity index (χ4n) is 2.73. The van der Waals surface area contributed by atoms with Crippen LogP contribution in [0, 0.1) is 5.92 Å². The molecule has 4 heteroatoms. The molecule has 1 N–H and O–H groups in total. The zero-order valence-electron chi connectivity index (χ0n) is 12.4. The summed E-state index contributed by atoms with van der Waals surface area (Å²) in [6.45, 7) is 5.40. The lowest BCUT2D eigenvalue weighted by atomic mass is 10.0. The lowest BCUT2D eigenvalue weighted by Crippen LogP contribution is -2.41. The Hall–Kier alpha value is -1.26. The molecule has 0 unspecified atom stereocenters. The van der Waals surface area contributed by atoms with Crippen molar-refractivity contribution in [1.29, 1.82) is 0 Å². The molecule has 0 saturated carbocycles. The number of nitrogens with zero attached hydrogens (tertiary/aromatic N) is 1. The van der Waals surface area contributed by atoms with E-state index in [1.165, 1.54) is 12.8 Å². The smallest absolute Gasteiger partial charge is 0.161 e. The van der Waals surface area contributed by atoms with E-state index in [0.717, 1.165) is 19.0 Å². The van der Waals surface area contributed by atoms with E-state index in [-0.39, 0.29) is 0 Å². The van der Waals surface area contributed by atoms with Crippen molar-refractivity contribution in [3.8, 4) is 11.5 Å². The van der Waals surface area contributed by atoms with Crippen LogP contribution < -0.4 is 9.47 Å². The third-order valence-electron chi connectivity index (χ3n) is 3.71. The van der Waals surface area contributed by atoms with Crippen LogP contribution in [-0.2, 0) is 0 Å². The van der Waals surface area contributed by atoms with Crippen molar-refractivity contribution in [3.05, 3.63) is 24.3 Å². The summed E-state index contributed by atoms with van der Waals surface area (Å²) < 4.78 is 10.9. The molecule has 0 aromatic heterocycles. The van der Waals surface area contributed by atoms with Gasteiger partial charge in [0.2, 0.25) is 0 Å². The number of rotatable bonds is 6. The number of hydrogen-bond donors (Lipinski definition) is 1. The number of piperidine rings is 1. The van der Waals surface area contributed by atoms with Gasteiger partial charge < -0.3 is 19.5 Å². The van der Waals surface area contributed by atoms with Crippen molar-refractivity contribution in [2.24, 2.45) is 5.92 Å². The van der Waals surface area contributed by atoms with Gasteiger partial charge in [0.05, 0.1) is 7.11 Å². The van der Waals surface area contributed by atoms with Crippen LogP contribution in [-0.4, -0.2) is 49.5 Å². The van der Waals surface area contributed by atoms with Crippen LogP contribution in [0.4, 0.5) is 0 Å². The summed E-state index contributed by atoms with van der Waals surface area (Å²) in [6, 6.07) is 7.51. The number of β-amino-alcohol motifs (C(OH)–C–C–N with tert-alkyl or cyclic N) is 1. The molecule has 0 aliphatic carbocycles. The Kier molecular flexibility index (Phi) is 5.68. The molecule has 2 rings (SSSR count). The van der Waals surface area contributed by atoms with Crippen molar-refractivity contribution in [2.45, 2.75) is 25.9 Å². The quantitative estimate of drug-likeness (QED) is 0.866. The normalized spacial score (nSPS) is 21.4. The molecule has 4 nitrogen and oxygen atoms in total. The van der Waals surface area contributed by atoms with Crippen molar-refractivity contribution >= 4 is 0 Å². The maximum Gasteiger partial charge on any atom is 0.161 e. The number of aliphatic hydroxyl groups is 1. The van der Waals surface area contributed by atoms with Crippen LogP contribution >= 0.6 is 0 Å². The fourth-order valence-corrected chi connectivity index (χ4v) is 2.73. The Bertz CT molecular complexity index is 410. The summed E-state index contributed by atoms with van der Waals surface area (Å²) in [5, 5.41) is 10.1. The molecular weight excluding hydrogens is 254 g/mol. The summed E-state index contributed by atoms with van der Waals surface area (Å²) in [5.74, 6) is 2.11. The lowest BCUT2D eigenvalue weighted by Gasteiger charge is -2.32. The first-order valence-corrected chi connectivity index (χ1v) is 7.35. The number of methoxy groups -OCH3 is 1. The zero-order valence-corrected chi connectivity index (χ0v) is 12.4. The SMILES string of the molecule is COc1ccccc1OC[C@H](O)CN1CCC[C@H](C)C1. The Morgan fingerprint density at radius 3 is 2.80 bits per heavy atom. The van der Waals surface area contributed by atoms with Crippen LogP contribution in [0.3, 0.4) is 0 Å². The molecule has 1 heterocycles. The molecule has 112 valence electrons. The molecule has 0 bridgehead atoms. The van der Waals surface area contributed by atoms with Crippen LogP contribution in [0.2, 0.25) is 0 Å². The summed E-state index contributed by atoms with van der Waals surface area (Å²) in [4.78, 5) is 2.32. The number of para-hydroxylation sites is 2. The van der Waals surface area contributed by atoms with E-state index >= 15 is 0 Å². The molecule has 2 atom stereocenters. The number of benzene rings is 1. The van der Waals surface area contributed by atoms with E-state index < -0.39 is 6.10 Å². The van der Waals surface area contributed by atoms with E-state index in [9.17, 15) is 5.11 Å². The standard InChI is InChI=1S/C16H25NO3/c1-13-6-5-9-17(10-13)11-14(18)12-20-16-8-4-3-7-15(16)19-2/h3-4,7-8,13-14,18H,5-6,9-12H2,1-2H3/t13-,14+/m0/s1. The second kappa shape index (κ2) is 7.50. The molecule has 1 aliphatic rings. The summed E-state index contributed by atoms with van der Waals surface area (Å²) >= 11 is 0. The monoisotopic (exact) mass is 279 g/mol. The second-order valence-corrected chi connectivity index (χ2v) is 5.62. The number of likely N-dealkylation sites (tertiary alicyclic amines) is 1. The Labute approximate surface area is 121 Å². The Morgan fingerprint density at radius 2 is 2.10 bits per heavy atom. The van der Waals surface area contributed by atoms with Gasteiger partial charge in [-0.05, 0) is 37.4 Å². The highest BCUT2D eigenvalue weighted by Gasteiger charge is 2.19. The molecule has 0 amide bonds. The molecule has 0 spiro atoms. The minimum atomic E-state index is -0.467. The first-order valence-electron chi connectivity index (χ1n) is 7.35. The van der Waals surface area contributed by atoms with Gasteiger partial charge >= 0.3 is 0 Å². The minimum Gasteiger partial charge on any atom is -0.493 e. The van der Waals surface area contributed by atoms with E-state index in [2.05, 4.69) is 11.8 Å². The topological polar surface area (TPSA) is 41.9 Å². The van der Waals surface area contributed by atoms with Gasteiger partial charge in [-0.15, -0.1) is 0 Å². The average molecular weight is 279 g/mol. The minimum absolute atomic E-state index is 0.297. The number of hydrogen-bond acceptors (Lipinski definition) is 4. The largest absolute Gasteiger partial charge is 0.493 e. The van der Waals surface area contributed by atoms with Gasteiger partial charge in [-0.1, -0.05) is 19.1 Å². The Morgan fingerprint density at radius 1 is 1.35 bits per heavy atom. The van der Waals surface area contributed by atoms with E-state index in [1.54, 1.807) is 7.11 Å². The van der Waals surface area contributed by atoms with Crippen LogP contribution in [0.1, 0.15) is 19.8 Å². The summed E-state index contributed by atoms with van der Waals surface area (Å²) in [5.41, 5.74) is 0. The van der Waals surface area contributed by atoms with Crippen molar-refractivity contribution in [1.82, 2.24) is 4.90 Å². The van der Waals surface area contributed by atoms with Gasteiger partial charge in [-0.2, -0.15) is 0 Å². The van der Waals surface area contributed by atoms with E-state index in [0.29, 0.717) is 24.7 Å². The first-order chi connectivity index (χ1) is 9.69. The maximum absolute atomic E-state index is 10.1. The molecular formula is C16H25NO3. The lowest BCUT2D eigenvalue weighted by molar-refractivity contribution is 0.0530. The molecule has 1 aromatic rings. The highest BCUT2D eigenvalue weighted by molar-refractivity contribution is 5.39. The van der Waals surface area contributed by atoms with Gasteiger partial charge in [0, 0.05) is 13.1 Å². The predicted octanol–water partition coefficient (Wildman–Crippen LogP) is 2.17. The van der Waals surface area contributed by atoms with Gasteiger partial charge in [0.15, 0.2) is 11.5 Å². The van der Waals surface area contributed by atoms with Crippen molar-refractivity contribution in [3.63, 3.8) is 0 Å². The first kappa shape index (κ1) is 15.1. The fraction of sp³-hybridized carbons (Fsp3) is 0.625. The van der Waals surface area contributed by atoms with Crippen LogP contribution in [0.5, 0.6) is 11.5 Å². The van der Waals surface area contributed by atoms with E-state index in [1.807, 2.05) is 24.3 Å². The second-order valence-electron chi connectivity index (χ2n) is 5.62. The maximum atomic E-state index is 10.1. The molecule has 1 saturated heterocycles. The van der Waals surface area contributed by atoms with E-state index in [4.69, 9.17) is 9.47 Å². The molecule has 1 fully saturated rings. The molecule has 1 aliphatic heterocycles. The highest BCUT2D eigenvalue weighted by Crippen LogP contribution is 2.25. The summed E-state index contributed by atoms with van der Waals surface area (Å²) in [6.07, 6.45) is 2.05. The third-order valence-corrected chi connectivity index (χ3v) is 3.71. The molecule has 1 aromatic carbocycles. The predicted molar refractivity (Wildman–Crippen MR) is 79.3 cm³/mol. The zero-order chi connectivity index (χ0) is 14.4. The van der Waals surface area contributed by atoms with Crippen molar-refractivity contribution < 1.29 is 14.6 Å². The van der Waals surface area contributed by atoms with Gasteiger partial charge in [0.25, 0.3) is 0 Å². The average Bonchev–Trinajstić information content (AvgIpc) is 2.45. The van der Waals surface area contributed by atoms with Gasteiger partial charge in [-0.3, -0.25) is 0 Å². The van der Waals surface area contributed by atoms with Crippen LogP contribution in [0.25, 0.3) is 0 Å². The van der Waals surface area contributed by atoms with Crippen LogP contribution in [0.15, 0.2) is 24.3 Å². The number of aliphatic hydroxyl groups excluding tert-OH is 1. The highest BCUT2D eigenvalue weighted by atomic mass is 16.5. The third kappa shape index (κ3) is 4.39. The van der Waals surface area contributed by atoms with Gasteiger partial charge in [0.1, 0.15) is 12.7 Å². The molecule has 20 heavy (non-hydrogen) atoms. The van der Waals surface area contributed by atoms with Crippen molar-refractivity contribution in [2.75, 3.05) is 33.4 Å². The van der Waals surface area contributed by atoms with Gasteiger partial charge in [-0.25, -0.2) is 0 Å². The number of ether oxygens (including phenoxy) is 2. The Balaban J connectivity index is 1.78. The molecule has 0 radical (unpaired) electrons.